The molecule has 0 amide bonds. The number of nitrogens with zero attached hydrogens (tertiary/aromatic N) is 2. The molecule has 0 unspecified atom stereocenters. The lowest BCUT2D eigenvalue weighted by Gasteiger charge is -2.17. The molecular weight excluding hydrogens is 314 g/mol. The molecule has 0 aliphatic heterocycles. The molecule has 118 valence electrons. The van der Waals surface area contributed by atoms with Gasteiger partial charge in [0.1, 0.15) is 5.82 Å². The summed E-state index contributed by atoms with van der Waals surface area (Å²) >= 11 is 0. The first-order chi connectivity index (χ1) is 10.9. The average molecular weight is 329 g/mol. The largest absolute Gasteiger partial charge is 0.306 e. The molecule has 0 atom stereocenters. The fraction of sp³-hybridized carbons (Fsp3) is 0.125. The van der Waals surface area contributed by atoms with E-state index in [1.54, 1.807) is 42.5 Å². The van der Waals surface area contributed by atoms with Gasteiger partial charge in [0.15, 0.2) is 0 Å². The van der Waals surface area contributed by atoms with Crippen LogP contribution in [0.4, 0.5) is 5.69 Å². The minimum atomic E-state index is -3.36. The van der Waals surface area contributed by atoms with Crippen LogP contribution in [0.2, 0.25) is 0 Å². The highest BCUT2D eigenvalue weighted by molar-refractivity contribution is 7.92. The van der Waals surface area contributed by atoms with Gasteiger partial charge in [0, 0.05) is 12.6 Å². The summed E-state index contributed by atoms with van der Waals surface area (Å²) in [6.07, 6.45) is 1.13. The predicted octanol–water partition coefficient (Wildman–Crippen LogP) is 1.99. The van der Waals surface area contributed by atoms with Crippen molar-refractivity contribution >= 4 is 26.6 Å². The minimum absolute atomic E-state index is 0.229. The first-order valence-corrected chi connectivity index (χ1v) is 8.74. The Balaban J connectivity index is 2.15. The fourth-order valence-corrected chi connectivity index (χ4v) is 2.76. The van der Waals surface area contributed by atoms with Crippen LogP contribution in [0.1, 0.15) is 0 Å². The van der Waals surface area contributed by atoms with Crippen molar-refractivity contribution in [3.05, 3.63) is 58.9 Å². The molecule has 0 aliphatic carbocycles. The Bertz CT molecular complexity index is 1040. The molecule has 0 radical (unpaired) electrons. The van der Waals surface area contributed by atoms with Crippen LogP contribution in [0, 0.1) is 0 Å². The van der Waals surface area contributed by atoms with Gasteiger partial charge < -0.3 is 4.98 Å². The third-order valence-electron chi connectivity index (χ3n) is 3.59. The molecule has 7 heteroatoms. The number of fused-ring (bicyclic) bond motifs is 1. The van der Waals surface area contributed by atoms with Crippen LogP contribution in [0.5, 0.6) is 0 Å². The number of H-pyrrole nitrogens is 1. The van der Waals surface area contributed by atoms with Gasteiger partial charge in [0.05, 0.1) is 22.8 Å². The van der Waals surface area contributed by atoms with E-state index in [9.17, 15) is 13.2 Å². The molecule has 0 saturated carbocycles. The zero-order chi connectivity index (χ0) is 16.6. The molecule has 0 bridgehead atoms. The number of nitrogens with one attached hydrogen (secondary N) is 1. The van der Waals surface area contributed by atoms with Crippen molar-refractivity contribution in [2.45, 2.75) is 0 Å². The maximum atomic E-state index is 12.1. The van der Waals surface area contributed by atoms with E-state index in [0.29, 0.717) is 28.0 Å². The van der Waals surface area contributed by atoms with Gasteiger partial charge in [-0.1, -0.05) is 24.3 Å². The lowest BCUT2D eigenvalue weighted by molar-refractivity contribution is 0.600. The standard InChI is InChI=1S/C16H15N3O3S/c1-19(23(2,21)22)12-7-5-6-11(10-12)15-17-14-9-4-3-8-13(14)16(20)18-15/h3-10H,1-2H3,(H,17,18,20). The van der Waals surface area contributed by atoms with Crippen molar-refractivity contribution in [2.75, 3.05) is 17.6 Å². The normalized spacial score (nSPS) is 11.6. The molecule has 1 heterocycles. The summed E-state index contributed by atoms with van der Waals surface area (Å²) < 4.78 is 24.5. The van der Waals surface area contributed by atoms with E-state index < -0.39 is 10.0 Å². The van der Waals surface area contributed by atoms with Crippen LogP contribution >= 0.6 is 0 Å². The molecular formula is C16H15N3O3S. The molecule has 0 saturated heterocycles. The van der Waals surface area contributed by atoms with Gasteiger partial charge in [-0.3, -0.25) is 9.10 Å². The topological polar surface area (TPSA) is 83.1 Å². The highest BCUT2D eigenvalue weighted by Gasteiger charge is 2.13. The lowest BCUT2D eigenvalue weighted by atomic mass is 10.1. The summed E-state index contributed by atoms with van der Waals surface area (Å²) in [5.41, 5.74) is 1.50. The SMILES string of the molecule is CN(c1cccc(-c2nc3ccccc3c(=O)[nH]2)c1)S(C)(=O)=O. The summed E-state index contributed by atoms with van der Waals surface area (Å²) in [5.74, 6) is 0.400. The van der Waals surface area contributed by atoms with Crippen molar-refractivity contribution in [2.24, 2.45) is 0 Å². The van der Waals surface area contributed by atoms with Gasteiger partial charge in [0.25, 0.3) is 5.56 Å². The third kappa shape index (κ3) is 2.95. The van der Waals surface area contributed by atoms with E-state index in [-0.39, 0.29) is 5.56 Å². The van der Waals surface area contributed by atoms with E-state index in [2.05, 4.69) is 9.97 Å². The highest BCUT2D eigenvalue weighted by Crippen LogP contribution is 2.23. The number of aromatic amines is 1. The molecule has 0 spiro atoms. The van der Waals surface area contributed by atoms with Crippen LogP contribution in [-0.2, 0) is 10.0 Å². The molecule has 3 aromatic rings. The maximum Gasteiger partial charge on any atom is 0.259 e. The van der Waals surface area contributed by atoms with Crippen molar-refractivity contribution < 1.29 is 8.42 Å². The molecule has 1 aromatic heterocycles. The number of aromatic nitrogens is 2. The number of sulfonamides is 1. The molecule has 1 N–H and O–H groups in total. The Morgan fingerprint density at radius 2 is 1.83 bits per heavy atom. The van der Waals surface area contributed by atoms with E-state index in [1.807, 2.05) is 6.07 Å². The maximum absolute atomic E-state index is 12.1. The van der Waals surface area contributed by atoms with Gasteiger partial charge in [-0.2, -0.15) is 0 Å². The Kier molecular flexibility index (Phi) is 3.65. The van der Waals surface area contributed by atoms with Crippen LogP contribution in [0.25, 0.3) is 22.3 Å². The lowest BCUT2D eigenvalue weighted by Crippen LogP contribution is -2.24. The van der Waals surface area contributed by atoms with Gasteiger partial charge in [-0.05, 0) is 24.3 Å². The van der Waals surface area contributed by atoms with Crippen molar-refractivity contribution in [3.63, 3.8) is 0 Å². The zero-order valence-electron chi connectivity index (χ0n) is 12.6. The van der Waals surface area contributed by atoms with E-state index in [1.165, 1.54) is 11.4 Å². The average Bonchev–Trinajstić information content (AvgIpc) is 2.53. The molecule has 23 heavy (non-hydrogen) atoms. The van der Waals surface area contributed by atoms with Crippen molar-refractivity contribution in [3.8, 4) is 11.4 Å². The number of para-hydroxylation sites is 1. The molecule has 0 fully saturated rings. The second-order valence-corrected chi connectivity index (χ2v) is 7.23. The Hall–Kier alpha value is -2.67. The summed E-state index contributed by atoms with van der Waals surface area (Å²) in [6, 6.07) is 13.9. The first-order valence-electron chi connectivity index (χ1n) is 6.90. The number of anilines is 1. The molecule has 6 nitrogen and oxygen atoms in total. The predicted molar refractivity (Wildman–Crippen MR) is 91.0 cm³/mol. The van der Waals surface area contributed by atoms with Crippen molar-refractivity contribution in [1.29, 1.82) is 0 Å². The minimum Gasteiger partial charge on any atom is -0.306 e. The number of hydrogen-bond acceptors (Lipinski definition) is 4. The number of hydrogen-bond donors (Lipinski definition) is 1. The summed E-state index contributed by atoms with van der Waals surface area (Å²) in [4.78, 5) is 19.3. The summed E-state index contributed by atoms with van der Waals surface area (Å²) in [6.45, 7) is 0. The second kappa shape index (κ2) is 5.51. The van der Waals surface area contributed by atoms with Crippen LogP contribution < -0.4 is 9.86 Å². The fourth-order valence-electron chi connectivity index (χ4n) is 2.26. The van der Waals surface area contributed by atoms with Gasteiger partial charge in [-0.15, -0.1) is 0 Å². The van der Waals surface area contributed by atoms with Crippen LogP contribution in [-0.4, -0.2) is 31.7 Å². The second-order valence-electron chi connectivity index (χ2n) is 5.21. The van der Waals surface area contributed by atoms with Crippen LogP contribution in [0.15, 0.2) is 53.3 Å². The zero-order valence-corrected chi connectivity index (χ0v) is 13.5. The Morgan fingerprint density at radius 3 is 2.57 bits per heavy atom. The molecule has 0 aliphatic rings. The van der Waals surface area contributed by atoms with Gasteiger partial charge >= 0.3 is 0 Å². The Labute approximate surface area is 133 Å². The summed E-state index contributed by atoms with van der Waals surface area (Å²) in [7, 11) is -1.88. The van der Waals surface area contributed by atoms with Gasteiger partial charge in [0.2, 0.25) is 10.0 Å². The third-order valence-corrected chi connectivity index (χ3v) is 4.80. The number of benzene rings is 2. The van der Waals surface area contributed by atoms with Crippen LogP contribution in [0.3, 0.4) is 0 Å². The van der Waals surface area contributed by atoms with Gasteiger partial charge in [-0.25, -0.2) is 13.4 Å². The smallest absolute Gasteiger partial charge is 0.259 e. The van der Waals surface area contributed by atoms with E-state index in [4.69, 9.17) is 0 Å². The van der Waals surface area contributed by atoms with E-state index in [0.717, 1.165) is 6.26 Å². The first kappa shape index (κ1) is 15.2. The monoisotopic (exact) mass is 329 g/mol. The molecule has 2 aromatic carbocycles. The quantitative estimate of drug-likeness (QED) is 0.796. The van der Waals surface area contributed by atoms with E-state index >= 15 is 0 Å². The number of rotatable bonds is 3. The molecule has 3 rings (SSSR count). The summed E-state index contributed by atoms with van der Waals surface area (Å²) in [5, 5.41) is 0.514. The van der Waals surface area contributed by atoms with Crippen molar-refractivity contribution in [1.82, 2.24) is 9.97 Å². The highest BCUT2D eigenvalue weighted by atomic mass is 32.2. The Morgan fingerprint density at radius 1 is 1.09 bits per heavy atom.